The van der Waals surface area contributed by atoms with E-state index in [-0.39, 0.29) is 0 Å². The van der Waals surface area contributed by atoms with Crippen LogP contribution in [0.5, 0.6) is 0 Å². The first-order chi connectivity index (χ1) is 14.0. The zero-order chi connectivity index (χ0) is 20.1. The van der Waals surface area contributed by atoms with Crippen LogP contribution in [0.15, 0.2) is 72.8 Å². The molecule has 5 rings (SSSR count). The quantitative estimate of drug-likeness (QED) is 0.295. The number of fused-ring (bicyclic) bond motifs is 3. The highest BCUT2D eigenvalue weighted by Gasteiger charge is 2.19. The molecule has 1 aliphatic rings. The predicted molar refractivity (Wildman–Crippen MR) is 125 cm³/mol. The number of rotatable bonds is 2. The third-order valence-electron chi connectivity index (χ3n) is 6.56. The normalized spacial score (nSPS) is 12.0. The third-order valence-corrected chi connectivity index (χ3v) is 6.56. The van der Waals surface area contributed by atoms with Crippen molar-refractivity contribution in [1.29, 1.82) is 0 Å². The average molecular weight is 375 g/mol. The Morgan fingerprint density at radius 2 is 0.793 bits per heavy atom. The molecule has 1 aliphatic carbocycles. The Labute approximate surface area is 173 Å². The van der Waals surface area contributed by atoms with Crippen molar-refractivity contribution in [2.45, 2.75) is 34.1 Å². The molecule has 0 bridgehead atoms. The van der Waals surface area contributed by atoms with Crippen molar-refractivity contribution in [2.24, 2.45) is 0 Å². The van der Waals surface area contributed by atoms with E-state index in [0.717, 1.165) is 6.42 Å². The molecule has 0 radical (unpaired) electrons. The average Bonchev–Trinajstić information content (AvgIpc) is 3.09. The lowest BCUT2D eigenvalue weighted by Gasteiger charge is -2.09. The second-order valence-electron chi connectivity index (χ2n) is 8.52. The van der Waals surface area contributed by atoms with Crippen LogP contribution >= 0.6 is 0 Å². The smallest absolute Gasteiger partial charge is 0.00130 e. The van der Waals surface area contributed by atoms with E-state index in [4.69, 9.17) is 0 Å². The maximum atomic E-state index is 2.38. The van der Waals surface area contributed by atoms with Crippen molar-refractivity contribution < 1.29 is 0 Å². The molecule has 0 spiro atoms. The van der Waals surface area contributed by atoms with Crippen LogP contribution in [0.4, 0.5) is 0 Å². The highest BCUT2D eigenvalue weighted by Crippen LogP contribution is 2.40. The van der Waals surface area contributed by atoms with Crippen LogP contribution in [0.25, 0.3) is 33.4 Å². The predicted octanol–water partition coefficient (Wildman–Crippen LogP) is 7.83. The van der Waals surface area contributed by atoms with Crippen molar-refractivity contribution >= 4 is 0 Å². The molecule has 0 saturated carbocycles. The summed E-state index contributed by atoms with van der Waals surface area (Å²) in [5.74, 6) is 0. The fourth-order valence-electron chi connectivity index (χ4n) is 4.41. The second-order valence-corrected chi connectivity index (χ2v) is 8.52. The molecule has 0 heterocycles. The molecule has 0 N–H and O–H groups in total. The standard InChI is InChI=1S/C29H26/c1-18-5-7-22(13-20(18)3)24-9-11-28-26(15-24)17-27-16-25(10-12-29(27)28)23-8-6-19(2)21(4)14-23/h5-16H,17H2,1-4H3. The summed E-state index contributed by atoms with van der Waals surface area (Å²) < 4.78 is 0. The number of hydrogen-bond donors (Lipinski definition) is 0. The van der Waals surface area contributed by atoms with Crippen molar-refractivity contribution in [3.8, 4) is 33.4 Å². The Balaban J connectivity index is 1.51. The van der Waals surface area contributed by atoms with Gasteiger partial charge in [0.15, 0.2) is 0 Å². The molecule has 0 amide bonds. The molecule has 0 fully saturated rings. The minimum absolute atomic E-state index is 1.02. The summed E-state index contributed by atoms with van der Waals surface area (Å²) in [7, 11) is 0. The molecule has 29 heavy (non-hydrogen) atoms. The van der Waals surface area contributed by atoms with Crippen molar-refractivity contribution in [3.63, 3.8) is 0 Å². The van der Waals surface area contributed by atoms with Gasteiger partial charge in [-0.15, -0.1) is 0 Å². The van der Waals surface area contributed by atoms with Crippen LogP contribution in [-0.2, 0) is 6.42 Å². The first kappa shape index (κ1) is 17.9. The summed E-state index contributed by atoms with van der Waals surface area (Å²) >= 11 is 0. The van der Waals surface area contributed by atoms with Crippen molar-refractivity contribution in [2.75, 3.05) is 0 Å². The monoisotopic (exact) mass is 374 g/mol. The van der Waals surface area contributed by atoms with Gasteiger partial charge < -0.3 is 0 Å². The highest BCUT2D eigenvalue weighted by atomic mass is 14.2. The number of hydrogen-bond acceptors (Lipinski definition) is 0. The molecule has 0 saturated heterocycles. The Bertz CT molecular complexity index is 1160. The molecule has 4 aromatic carbocycles. The lowest BCUT2D eigenvalue weighted by molar-refractivity contribution is 1.26. The van der Waals surface area contributed by atoms with E-state index in [9.17, 15) is 0 Å². The number of aryl methyl sites for hydroxylation is 4. The third kappa shape index (κ3) is 3.09. The van der Waals surface area contributed by atoms with Crippen LogP contribution in [0.2, 0.25) is 0 Å². The zero-order valence-corrected chi connectivity index (χ0v) is 17.6. The maximum absolute atomic E-state index is 2.38. The van der Waals surface area contributed by atoms with Crippen LogP contribution in [0.1, 0.15) is 33.4 Å². The van der Waals surface area contributed by atoms with Gasteiger partial charge in [0.2, 0.25) is 0 Å². The molecular weight excluding hydrogens is 348 g/mol. The summed E-state index contributed by atoms with van der Waals surface area (Å²) in [6.07, 6.45) is 1.02. The lowest BCUT2D eigenvalue weighted by Crippen LogP contribution is -1.86. The van der Waals surface area contributed by atoms with E-state index in [0.29, 0.717) is 0 Å². The molecule has 0 aromatic heterocycles. The van der Waals surface area contributed by atoms with Gasteiger partial charge in [0.1, 0.15) is 0 Å². The van der Waals surface area contributed by atoms with E-state index in [1.807, 2.05) is 0 Å². The van der Waals surface area contributed by atoms with Gasteiger partial charge in [-0.25, -0.2) is 0 Å². The van der Waals surface area contributed by atoms with Gasteiger partial charge in [0.05, 0.1) is 0 Å². The summed E-state index contributed by atoms with van der Waals surface area (Å²) in [5.41, 5.74) is 16.3. The lowest BCUT2D eigenvalue weighted by atomic mass is 9.96. The van der Waals surface area contributed by atoms with E-state index < -0.39 is 0 Å². The summed E-state index contributed by atoms with van der Waals surface area (Å²) in [6.45, 7) is 8.73. The molecule has 0 atom stereocenters. The molecule has 0 unspecified atom stereocenters. The second kappa shape index (κ2) is 6.74. The van der Waals surface area contributed by atoms with Crippen molar-refractivity contribution in [1.82, 2.24) is 0 Å². The van der Waals surface area contributed by atoms with Gasteiger partial charge in [0, 0.05) is 0 Å². The molecule has 4 aromatic rings. The Hall–Kier alpha value is -3.12. The fourth-order valence-corrected chi connectivity index (χ4v) is 4.41. The van der Waals surface area contributed by atoms with Crippen molar-refractivity contribution in [3.05, 3.63) is 106 Å². The molecule has 0 nitrogen and oxygen atoms in total. The first-order valence-corrected chi connectivity index (χ1v) is 10.4. The largest absolute Gasteiger partial charge is 0.0584 e. The number of benzene rings is 4. The Morgan fingerprint density at radius 1 is 0.414 bits per heavy atom. The van der Waals surface area contributed by atoms with E-state index in [1.165, 1.54) is 66.8 Å². The van der Waals surface area contributed by atoms with Gasteiger partial charge in [-0.1, -0.05) is 72.8 Å². The van der Waals surface area contributed by atoms with Crippen LogP contribution in [0.3, 0.4) is 0 Å². The summed E-state index contributed by atoms with van der Waals surface area (Å²) in [6, 6.07) is 27.5. The van der Waals surface area contributed by atoms with Gasteiger partial charge in [0.25, 0.3) is 0 Å². The Morgan fingerprint density at radius 3 is 1.21 bits per heavy atom. The molecular formula is C29H26. The zero-order valence-electron chi connectivity index (χ0n) is 17.6. The minimum atomic E-state index is 1.02. The molecule has 142 valence electrons. The fraction of sp³-hybridized carbons (Fsp3) is 0.172. The summed E-state index contributed by atoms with van der Waals surface area (Å²) in [4.78, 5) is 0. The van der Waals surface area contributed by atoms with Gasteiger partial charge in [-0.3, -0.25) is 0 Å². The van der Waals surface area contributed by atoms with E-state index in [1.54, 1.807) is 0 Å². The maximum Gasteiger partial charge on any atom is -0.00130 e. The van der Waals surface area contributed by atoms with Gasteiger partial charge >= 0.3 is 0 Å². The molecule has 0 aliphatic heterocycles. The molecule has 0 heteroatoms. The Kier molecular flexibility index (Phi) is 4.17. The summed E-state index contributed by atoms with van der Waals surface area (Å²) in [5, 5.41) is 0. The first-order valence-electron chi connectivity index (χ1n) is 10.4. The SMILES string of the molecule is Cc1ccc(-c2ccc3c(c2)Cc2cc(-c4ccc(C)c(C)c4)ccc2-3)cc1C. The topological polar surface area (TPSA) is 0 Å². The van der Waals surface area contributed by atoms with Gasteiger partial charge in [-0.2, -0.15) is 0 Å². The minimum Gasteiger partial charge on any atom is -0.0584 e. The van der Waals surface area contributed by atoms with Gasteiger partial charge in [-0.05, 0) is 101 Å². The van der Waals surface area contributed by atoms with Crippen LogP contribution < -0.4 is 0 Å². The van der Waals surface area contributed by atoms with Crippen LogP contribution in [0, 0.1) is 27.7 Å². The van der Waals surface area contributed by atoms with E-state index >= 15 is 0 Å². The van der Waals surface area contributed by atoms with E-state index in [2.05, 4.69) is 100 Å². The highest BCUT2D eigenvalue weighted by molar-refractivity contribution is 5.82. The van der Waals surface area contributed by atoms with Crippen LogP contribution in [-0.4, -0.2) is 0 Å².